The second kappa shape index (κ2) is 8.75. The molecule has 1 heterocycles. The summed E-state index contributed by atoms with van der Waals surface area (Å²) in [4.78, 5) is 15.0. The van der Waals surface area contributed by atoms with Crippen LogP contribution in [-0.2, 0) is 4.79 Å². The first-order chi connectivity index (χ1) is 12.6. The standard InChI is InChI=1S/C22H27NO3/c24-18-12-10-17(11-13-18)20(19-8-4-5-9-21(19)25)16-22(26)23-14-6-2-1-3-7-15-23/h4-5,8-13,20,24-25H,1-3,6-7,14-16H2. The first-order valence-electron chi connectivity index (χ1n) is 9.50. The zero-order chi connectivity index (χ0) is 18.4. The van der Waals surface area contributed by atoms with Crippen molar-refractivity contribution in [1.29, 1.82) is 0 Å². The van der Waals surface area contributed by atoms with Gasteiger partial charge in [0.15, 0.2) is 0 Å². The summed E-state index contributed by atoms with van der Waals surface area (Å²) < 4.78 is 0. The second-order valence-corrected chi connectivity index (χ2v) is 7.06. The molecule has 2 N–H and O–H groups in total. The van der Waals surface area contributed by atoms with Gasteiger partial charge in [-0.2, -0.15) is 0 Å². The number of likely N-dealkylation sites (tertiary alicyclic amines) is 1. The van der Waals surface area contributed by atoms with Crippen molar-refractivity contribution in [3.63, 3.8) is 0 Å². The summed E-state index contributed by atoms with van der Waals surface area (Å²) in [7, 11) is 0. The Labute approximate surface area is 155 Å². The Balaban J connectivity index is 1.84. The third kappa shape index (κ3) is 4.57. The summed E-state index contributed by atoms with van der Waals surface area (Å²) in [5.41, 5.74) is 1.67. The van der Waals surface area contributed by atoms with Crippen LogP contribution in [0.3, 0.4) is 0 Å². The summed E-state index contributed by atoms with van der Waals surface area (Å²) >= 11 is 0. The number of hydrogen-bond donors (Lipinski definition) is 2. The van der Waals surface area contributed by atoms with E-state index in [1.165, 1.54) is 19.3 Å². The fourth-order valence-electron chi connectivity index (χ4n) is 3.70. The molecule has 1 fully saturated rings. The molecule has 0 radical (unpaired) electrons. The maximum Gasteiger partial charge on any atom is 0.223 e. The summed E-state index contributed by atoms with van der Waals surface area (Å²) in [6, 6.07) is 14.1. The van der Waals surface area contributed by atoms with E-state index in [0.29, 0.717) is 6.42 Å². The second-order valence-electron chi connectivity index (χ2n) is 7.06. The maximum absolute atomic E-state index is 13.0. The number of nitrogens with zero attached hydrogens (tertiary/aromatic N) is 1. The van der Waals surface area contributed by atoms with Crippen molar-refractivity contribution in [3.8, 4) is 11.5 Å². The monoisotopic (exact) mass is 353 g/mol. The molecule has 0 saturated carbocycles. The van der Waals surface area contributed by atoms with Crippen LogP contribution >= 0.6 is 0 Å². The SMILES string of the molecule is O=C(CC(c1ccc(O)cc1)c1ccccc1O)N1CCCCCCC1. The molecule has 4 nitrogen and oxygen atoms in total. The van der Waals surface area contributed by atoms with Crippen LogP contribution in [0.15, 0.2) is 48.5 Å². The van der Waals surface area contributed by atoms with Crippen LogP contribution in [0, 0.1) is 0 Å². The van der Waals surface area contributed by atoms with Crippen LogP contribution in [0.2, 0.25) is 0 Å². The molecular formula is C22H27NO3. The molecule has 0 bridgehead atoms. The third-order valence-electron chi connectivity index (χ3n) is 5.20. The molecule has 1 saturated heterocycles. The number of amides is 1. The molecule has 1 aliphatic heterocycles. The van der Waals surface area contributed by atoms with Crippen LogP contribution in [0.4, 0.5) is 0 Å². The number of para-hydroxylation sites is 1. The lowest BCUT2D eigenvalue weighted by Gasteiger charge is -2.27. The first kappa shape index (κ1) is 18.3. The van der Waals surface area contributed by atoms with Gasteiger partial charge < -0.3 is 15.1 Å². The lowest BCUT2D eigenvalue weighted by Crippen LogP contribution is -2.34. The summed E-state index contributed by atoms with van der Waals surface area (Å²) in [6.45, 7) is 1.64. The van der Waals surface area contributed by atoms with Gasteiger partial charge in [-0.05, 0) is 36.6 Å². The van der Waals surface area contributed by atoms with Crippen molar-refractivity contribution in [1.82, 2.24) is 4.90 Å². The fourth-order valence-corrected chi connectivity index (χ4v) is 3.70. The minimum Gasteiger partial charge on any atom is -0.508 e. The Hall–Kier alpha value is -2.49. The van der Waals surface area contributed by atoms with Gasteiger partial charge in [-0.1, -0.05) is 49.6 Å². The molecule has 138 valence electrons. The lowest BCUT2D eigenvalue weighted by atomic mass is 9.87. The molecule has 1 amide bonds. The zero-order valence-electron chi connectivity index (χ0n) is 15.1. The highest BCUT2D eigenvalue weighted by molar-refractivity contribution is 5.78. The van der Waals surface area contributed by atoms with E-state index >= 15 is 0 Å². The van der Waals surface area contributed by atoms with Crippen molar-refractivity contribution in [2.24, 2.45) is 0 Å². The molecule has 0 aliphatic carbocycles. The van der Waals surface area contributed by atoms with Crippen LogP contribution in [0.1, 0.15) is 55.6 Å². The van der Waals surface area contributed by atoms with Crippen molar-refractivity contribution in [2.45, 2.75) is 44.4 Å². The molecule has 1 aliphatic rings. The van der Waals surface area contributed by atoms with E-state index in [4.69, 9.17) is 0 Å². The van der Waals surface area contributed by atoms with Gasteiger partial charge in [-0.15, -0.1) is 0 Å². The van der Waals surface area contributed by atoms with Crippen LogP contribution in [-0.4, -0.2) is 34.1 Å². The van der Waals surface area contributed by atoms with Gasteiger partial charge in [0, 0.05) is 31.0 Å². The predicted octanol–water partition coefficient (Wildman–Crippen LogP) is 4.41. The predicted molar refractivity (Wildman–Crippen MR) is 102 cm³/mol. The molecule has 3 rings (SSSR count). The number of aromatic hydroxyl groups is 2. The Kier molecular flexibility index (Phi) is 6.16. The topological polar surface area (TPSA) is 60.8 Å². The van der Waals surface area contributed by atoms with Gasteiger partial charge in [0.2, 0.25) is 5.91 Å². The summed E-state index contributed by atoms with van der Waals surface area (Å²) in [5.74, 6) is 0.300. The number of phenolic OH excluding ortho intramolecular Hbond substituents is 2. The van der Waals surface area contributed by atoms with Gasteiger partial charge in [-0.25, -0.2) is 0 Å². The highest BCUT2D eigenvalue weighted by Gasteiger charge is 2.24. The average molecular weight is 353 g/mol. The molecule has 4 heteroatoms. The van der Waals surface area contributed by atoms with Crippen LogP contribution in [0.5, 0.6) is 11.5 Å². The fraction of sp³-hybridized carbons (Fsp3) is 0.409. The van der Waals surface area contributed by atoms with E-state index in [1.54, 1.807) is 24.3 Å². The molecule has 2 aromatic rings. The summed E-state index contributed by atoms with van der Waals surface area (Å²) in [5, 5.41) is 19.9. The van der Waals surface area contributed by atoms with Crippen LogP contribution < -0.4 is 0 Å². The Bertz CT molecular complexity index is 718. The van der Waals surface area contributed by atoms with E-state index < -0.39 is 0 Å². The number of carbonyl (C=O) groups excluding carboxylic acids is 1. The highest BCUT2D eigenvalue weighted by atomic mass is 16.3. The molecule has 0 spiro atoms. The number of hydrogen-bond acceptors (Lipinski definition) is 3. The normalized spacial score (nSPS) is 16.5. The molecular weight excluding hydrogens is 326 g/mol. The average Bonchev–Trinajstić information content (AvgIpc) is 2.61. The minimum atomic E-state index is -0.227. The van der Waals surface area contributed by atoms with Gasteiger partial charge >= 0.3 is 0 Å². The van der Waals surface area contributed by atoms with Crippen molar-refractivity contribution in [3.05, 3.63) is 59.7 Å². The first-order valence-corrected chi connectivity index (χ1v) is 9.50. The quantitative estimate of drug-likeness (QED) is 0.856. The van der Waals surface area contributed by atoms with Gasteiger partial charge in [0.1, 0.15) is 11.5 Å². The zero-order valence-corrected chi connectivity index (χ0v) is 15.1. The molecule has 2 aromatic carbocycles. The number of rotatable bonds is 4. The minimum absolute atomic E-state index is 0.133. The van der Waals surface area contributed by atoms with E-state index in [0.717, 1.165) is 37.1 Å². The lowest BCUT2D eigenvalue weighted by molar-refractivity contribution is -0.131. The van der Waals surface area contributed by atoms with Gasteiger partial charge in [0.25, 0.3) is 0 Å². The molecule has 1 atom stereocenters. The van der Waals surface area contributed by atoms with Crippen molar-refractivity contribution >= 4 is 5.91 Å². The van der Waals surface area contributed by atoms with Crippen LogP contribution in [0.25, 0.3) is 0 Å². The third-order valence-corrected chi connectivity index (χ3v) is 5.20. The Morgan fingerprint density at radius 3 is 2.15 bits per heavy atom. The molecule has 26 heavy (non-hydrogen) atoms. The van der Waals surface area contributed by atoms with Gasteiger partial charge in [0.05, 0.1) is 0 Å². The number of carbonyl (C=O) groups is 1. The van der Waals surface area contributed by atoms with E-state index in [9.17, 15) is 15.0 Å². The van der Waals surface area contributed by atoms with E-state index in [-0.39, 0.29) is 23.3 Å². The summed E-state index contributed by atoms with van der Waals surface area (Å²) in [6.07, 6.45) is 6.08. The molecule has 1 unspecified atom stereocenters. The Morgan fingerprint density at radius 2 is 1.50 bits per heavy atom. The van der Waals surface area contributed by atoms with Gasteiger partial charge in [-0.3, -0.25) is 4.79 Å². The molecule has 0 aromatic heterocycles. The maximum atomic E-state index is 13.0. The van der Waals surface area contributed by atoms with Crippen molar-refractivity contribution in [2.75, 3.05) is 13.1 Å². The van der Waals surface area contributed by atoms with Crippen molar-refractivity contribution < 1.29 is 15.0 Å². The largest absolute Gasteiger partial charge is 0.508 e. The van der Waals surface area contributed by atoms with E-state index in [1.807, 2.05) is 29.2 Å². The number of benzene rings is 2. The van der Waals surface area contributed by atoms with E-state index in [2.05, 4.69) is 0 Å². The Morgan fingerprint density at radius 1 is 0.885 bits per heavy atom. The smallest absolute Gasteiger partial charge is 0.223 e. The highest BCUT2D eigenvalue weighted by Crippen LogP contribution is 2.35. The number of phenols is 2.